The number of carbonyl (C=O) groups is 3. The van der Waals surface area contributed by atoms with Crippen molar-refractivity contribution in [3.05, 3.63) is 57.6 Å². The van der Waals surface area contributed by atoms with E-state index in [0.717, 1.165) is 6.42 Å². The molecule has 1 fully saturated rings. The number of phenols is 2. The monoisotopic (exact) mass is 451 g/mol. The van der Waals surface area contributed by atoms with Crippen molar-refractivity contribution in [2.45, 2.75) is 50.9 Å². The van der Waals surface area contributed by atoms with Gasteiger partial charge in [-0.2, -0.15) is 0 Å². The van der Waals surface area contributed by atoms with E-state index in [-0.39, 0.29) is 52.5 Å². The van der Waals surface area contributed by atoms with Gasteiger partial charge in [0.1, 0.15) is 11.5 Å². The first kappa shape index (κ1) is 21.6. The maximum absolute atomic E-state index is 13.3. The summed E-state index contributed by atoms with van der Waals surface area (Å²) in [5.74, 6) is -3.13. The zero-order chi connectivity index (χ0) is 23.5. The minimum Gasteiger partial charge on any atom is -0.507 e. The van der Waals surface area contributed by atoms with Crippen molar-refractivity contribution in [3.63, 3.8) is 0 Å². The third-order valence-electron chi connectivity index (χ3n) is 7.14. The highest BCUT2D eigenvalue weighted by Crippen LogP contribution is 2.49. The van der Waals surface area contributed by atoms with E-state index in [4.69, 9.17) is 9.47 Å². The van der Waals surface area contributed by atoms with Crippen LogP contribution in [-0.4, -0.2) is 52.2 Å². The summed E-state index contributed by atoms with van der Waals surface area (Å²) in [6.45, 7) is 4.06. The largest absolute Gasteiger partial charge is 0.507 e. The van der Waals surface area contributed by atoms with Gasteiger partial charge in [0.05, 0.1) is 29.9 Å². The number of ether oxygens (including phenoxy) is 2. The third-order valence-corrected chi connectivity index (χ3v) is 7.14. The lowest BCUT2D eigenvalue weighted by molar-refractivity contribution is -0.296. The highest BCUT2D eigenvalue weighted by Gasteiger charge is 2.55. The number of hydrogen-bond donors (Lipinski definition) is 3. The molecule has 2 aromatic rings. The molecule has 0 saturated carbocycles. The summed E-state index contributed by atoms with van der Waals surface area (Å²) >= 11 is 0. The summed E-state index contributed by atoms with van der Waals surface area (Å²) in [5, 5.41) is 25.4. The fourth-order valence-corrected chi connectivity index (χ4v) is 5.46. The number of rotatable bonds is 2. The van der Waals surface area contributed by atoms with Crippen LogP contribution < -0.4 is 5.32 Å². The van der Waals surface area contributed by atoms with Gasteiger partial charge >= 0.3 is 0 Å². The number of carbonyl (C=O) groups excluding carboxylic acids is 3. The molecule has 0 radical (unpaired) electrons. The molecule has 1 amide bonds. The third kappa shape index (κ3) is 3.01. The molecule has 8 heteroatoms. The van der Waals surface area contributed by atoms with Crippen LogP contribution in [0.15, 0.2) is 24.3 Å². The van der Waals surface area contributed by atoms with Gasteiger partial charge in [-0.15, -0.1) is 0 Å². The van der Waals surface area contributed by atoms with Crippen LogP contribution in [0.25, 0.3) is 0 Å². The molecule has 1 atom stereocenters. The molecule has 0 aromatic heterocycles. The molecule has 1 aliphatic heterocycles. The lowest BCUT2D eigenvalue weighted by atomic mass is 9.69. The summed E-state index contributed by atoms with van der Waals surface area (Å²) < 4.78 is 12.0. The summed E-state index contributed by atoms with van der Waals surface area (Å²) in [7, 11) is 0. The maximum atomic E-state index is 13.3. The normalized spacial score (nSPS) is 23.3. The zero-order valence-electron chi connectivity index (χ0n) is 18.5. The minimum atomic E-state index is -1.17. The molecule has 33 heavy (non-hydrogen) atoms. The SMILES string of the molecule is CC(=O)NC1(C2(C)OCCCO2)CCc2c(O)c3c(c(O)c2C1)C(=O)c1ccccc1C3=O. The summed E-state index contributed by atoms with van der Waals surface area (Å²) in [4.78, 5) is 38.6. The van der Waals surface area contributed by atoms with Crippen LogP contribution in [0.3, 0.4) is 0 Å². The fourth-order valence-electron chi connectivity index (χ4n) is 5.46. The first-order valence-corrected chi connectivity index (χ1v) is 11.0. The van der Waals surface area contributed by atoms with Gasteiger partial charge in [0.15, 0.2) is 17.4 Å². The van der Waals surface area contributed by atoms with E-state index < -0.39 is 22.9 Å². The number of amides is 1. The predicted molar refractivity (Wildman–Crippen MR) is 117 cm³/mol. The summed E-state index contributed by atoms with van der Waals surface area (Å²) in [5.41, 5.74) is -0.325. The van der Waals surface area contributed by atoms with Crippen LogP contribution in [-0.2, 0) is 27.1 Å². The molecular formula is C25H25NO7. The maximum Gasteiger partial charge on any atom is 0.217 e. The Kier molecular flexibility index (Phi) is 4.84. The second-order valence-corrected chi connectivity index (χ2v) is 9.04. The van der Waals surface area contributed by atoms with Gasteiger partial charge in [0.2, 0.25) is 5.91 Å². The minimum absolute atomic E-state index is 0.0637. The fraction of sp³-hybridized carbons (Fsp3) is 0.400. The lowest BCUT2D eigenvalue weighted by Crippen LogP contribution is -2.68. The molecule has 1 heterocycles. The summed E-state index contributed by atoms with van der Waals surface area (Å²) in [6.07, 6.45) is 1.38. The highest BCUT2D eigenvalue weighted by molar-refractivity contribution is 6.30. The van der Waals surface area contributed by atoms with Crippen molar-refractivity contribution >= 4 is 17.5 Å². The van der Waals surface area contributed by atoms with E-state index in [1.54, 1.807) is 19.1 Å². The van der Waals surface area contributed by atoms with E-state index in [1.165, 1.54) is 19.1 Å². The number of phenolic OH excluding ortho intramolecular Hbond substituents is 2. The van der Waals surface area contributed by atoms with Crippen LogP contribution in [0.2, 0.25) is 0 Å². The van der Waals surface area contributed by atoms with Crippen LogP contribution >= 0.6 is 0 Å². The van der Waals surface area contributed by atoms with Gasteiger partial charge < -0.3 is 25.0 Å². The van der Waals surface area contributed by atoms with E-state index >= 15 is 0 Å². The topological polar surface area (TPSA) is 122 Å². The molecule has 8 nitrogen and oxygen atoms in total. The first-order chi connectivity index (χ1) is 15.7. The van der Waals surface area contributed by atoms with Crippen molar-refractivity contribution in [2.24, 2.45) is 0 Å². The molecule has 2 aliphatic carbocycles. The number of ketones is 2. The standard InChI is InChI=1S/C25H25NO7/c1-13(27)26-25(24(2)32-10-5-11-33-24)9-8-16-17(12-25)23(31)19-18(22(16)30)20(28)14-6-3-4-7-15(14)21(19)29/h3-4,6-7,30-31H,5,8-12H2,1-2H3,(H,26,27). The molecule has 0 bridgehead atoms. The number of fused-ring (bicyclic) bond motifs is 3. The van der Waals surface area contributed by atoms with Crippen molar-refractivity contribution in [1.82, 2.24) is 5.32 Å². The van der Waals surface area contributed by atoms with E-state index in [9.17, 15) is 24.6 Å². The average Bonchev–Trinajstić information content (AvgIpc) is 2.80. The van der Waals surface area contributed by atoms with Crippen LogP contribution in [0.4, 0.5) is 0 Å². The van der Waals surface area contributed by atoms with Gasteiger partial charge in [0, 0.05) is 35.6 Å². The molecule has 172 valence electrons. The van der Waals surface area contributed by atoms with Crippen LogP contribution in [0, 0.1) is 0 Å². The van der Waals surface area contributed by atoms with Gasteiger partial charge in [0.25, 0.3) is 0 Å². The van der Waals surface area contributed by atoms with E-state index in [2.05, 4.69) is 5.32 Å². The van der Waals surface area contributed by atoms with Crippen LogP contribution in [0.5, 0.6) is 11.5 Å². The number of nitrogens with one attached hydrogen (secondary N) is 1. The Balaban J connectivity index is 1.69. The van der Waals surface area contributed by atoms with E-state index in [1.807, 2.05) is 0 Å². The molecule has 5 rings (SSSR count). The number of benzene rings is 2. The second kappa shape index (κ2) is 7.40. The van der Waals surface area contributed by atoms with Crippen molar-refractivity contribution in [2.75, 3.05) is 13.2 Å². The van der Waals surface area contributed by atoms with Crippen molar-refractivity contribution in [3.8, 4) is 11.5 Å². The van der Waals surface area contributed by atoms with Gasteiger partial charge in [-0.25, -0.2) is 0 Å². The Labute approximate surface area is 190 Å². The Morgan fingerprint density at radius 2 is 1.52 bits per heavy atom. The highest BCUT2D eigenvalue weighted by atomic mass is 16.7. The number of hydrogen-bond acceptors (Lipinski definition) is 7. The Morgan fingerprint density at radius 3 is 2.06 bits per heavy atom. The average molecular weight is 451 g/mol. The number of aromatic hydroxyl groups is 2. The first-order valence-electron chi connectivity index (χ1n) is 11.0. The molecule has 0 spiro atoms. The Morgan fingerprint density at radius 1 is 0.970 bits per heavy atom. The predicted octanol–water partition coefficient (Wildman–Crippen LogP) is 2.39. The van der Waals surface area contributed by atoms with E-state index in [0.29, 0.717) is 30.8 Å². The molecule has 3 aliphatic rings. The Bertz CT molecular complexity index is 1210. The summed E-state index contributed by atoms with van der Waals surface area (Å²) in [6, 6.07) is 6.36. The van der Waals surface area contributed by atoms with Gasteiger partial charge in [-0.3, -0.25) is 14.4 Å². The second-order valence-electron chi connectivity index (χ2n) is 9.04. The van der Waals surface area contributed by atoms with Gasteiger partial charge in [-0.1, -0.05) is 24.3 Å². The van der Waals surface area contributed by atoms with Crippen molar-refractivity contribution < 1.29 is 34.1 Å². The quantitative estimate of drug-likeness (QED) is 0.512. The van der Waals surface area contributed by atoms with Crippen LogP contribution in [0.1, 0.15) is 69.7 Å². The molecule has 1 saturated heterocycles. The lowest BCUT2D eigenvalue weighted by Gasteiger charge is -2.52. The molecule has 1 unspecified atom stereocenters. The van der Waals surface area contributed by atoms with Crippen molar-refractivity contribution in [1.29, 1.82) is 0 Å². The Hall–Kier alpha value is -3.23. The zero-order valence-corrected chi connectivity index (χ0v) is 18.5. The molecule has 2 aromatic carbocycles. The smallest absolute Gasteiger partial charge is 0.217 e. The van der Waals surface area contributed by atoms with Gasteiger partial charge in [-0.05, 0) is 26.2 Å². The molecule has 3 N–H and O–H groups in total. The molecular weight excluding hydrogens is 426 g/mol.